The standard InChI is InChI=1S/C9H16F3NO2/c10-9(11,12)6-15-7-14-5-8-2-1-3-13-4-8/h8,13H,1-7H2. The third kappa shape index (κ3) is 6.70. The highest BCUT2D eigenvalue weighted by atomic mass is 19.4. The van der Waals surface area contributed by atoms with Crippen LogP contribution in [0.15, 0.2) is 0 Å². The summed E-state index contributed by atoms with van der Waals surface area (Å²) in [6.07, 6.45) is -2.11. The minimum Gasteiger partial charge on any atom is -0.355 e. The molecule has 15 heavy (non-hydrogen) atoms. The van der Waals surface area contributed by atoms with Gasteiger partial charge in [0.1, 0.15) is 13.4 Å². The van der Waals surface area contributed by atoms with E-state index in [1.165, 1.54) is 0 Å². The van der Waals surface area contributed by atoms with Crippen molar-refractivity contribution in [2.45, 2.75) is 19.0 Å². The zero-order valence-electron chi connectivity index (χ0n) is 8.48. The summed E-state index contributed by atoms with van der Waals surface area (Å²) in [6, 6.07) is 0. The van der Waals surface area contributed by atoms with Gasteiger partial charge in [-0.05, 0) is 25.3 Å². The van der Waals surface area contributed by atoms with Gasteiger partial charge in [0, 0.05) is 6.54 Å². The van der Waals surface area contributed by atoms with Crippen LogP contribution in [0.5, 0.6) is 0 Å². The minimum absolute atomic E-state index is 0.282. The molecule has 0 spiro atoms. The fourth-order valence-corrected chi connectivity index (χ4v) is 1.50. The molecule has 1 aliphatic heterocycles. The van der Waals surface area contributed by atoms with Gasteiger partial charge in [-0.3, -0.25) is 0 Å². The Morgan fingerprint density at radius 3 is 2.67 bits per heavy atom. The van der Waals surface area contributed by atoms with E-state index in [1.807, 2.05) is 0 Å². The van der Waals surface area contributed by atoms with Crippen molar-refractivity contribution in [3.8, 4) is 0 Å². The summed E-state index contributed by atoms with van der Waals surface area (Å²) < 4.78 is 44.3. The molecule has 6 heteroatoms. The highest BCUT2D eigenvalue weighted by Gasteiger charge is 2.27. The largest absolute Gasteiger partial charge is 0.411 e. The van der Waals surface area contributed by atoms with Gasteiger partial charge in [0.25, 0.3) is 0 Å². The molecule has 1 atom stereocenters. The van der Waals surface area contributed by atoms with Crippen molar-refractivity contribution < 1.29 is 22.6 Å². The Kier molecular flexibility index (Phi) is 5.35. The predicted octanol–water partition coefficient (Wildman–Crippen LogP) is 1.54. The maximum Gasteiger partial charge on any atom is 0.411 e. The first-order valence-corrected chi connectivity index (χ1v) is 5.01. The van der Waals surface area contributed by atoms with E-state index in [1.54, 1.807) is 0 Å². The van der Waals surface area contributed by atoms with Crippen molar-refractivity contribution >= 4 is 0 Å². The first-order valence-electron chi connectivity index (χ1n) is 5.01. The second-order valence-corrected chi connectivity index (χ2v) is 3.66. The van der Waals surface area contributed by atoms with E-state index in [4.69, 9.17) is 4.74 Å². The summed E-state index contributed by atoms with van der Waals surface area (Å²) in [5.41, 5.74) is 0. The van der Waals surface area contributed by atoms with Crippen molar-refractivity contribution in [1.29, 1.82) is 0 Å². The molecule has 1 saturated heterocycles. The molecule has 1 unspecified atom stereocenters. The van der Waals surface area contributed by atoms with Crippen LogP contribution in [0.3, 0.4) is 0 Å². The summed E-state index contributed by atoms with van der Waals surface area (Å²) in [5, 5.41) is 3.20. The molecule has 1 N–H and O–H groups in total. The van der Waals surface area contributed by atoms with Gasteiger partial charge in [0.15, 0.2) is 0 Å². The molecule has 3 nitrogen and oxygen atoms in total. The van der Waals surface area contributed by atoms with Gasteiger partial charge in [-0.15, -0.1) is 0 Å². The van der Waals surface area contributed by atoms with Crippen molar-refractivity contribution in [2.24, 2.45) is 5.92 Å². The zero-order valence-corrected chi connectivity index (χ0v) is 8.48. The lowest BCUT2D eigenvalue weighted by Gasteiger charge is -2.22. The predicted molar refractivity (Wildman–Crippen MR) is 48.4 cm³/mol. The Hall–Kier alpha value is -0.330. The van der Waals surface area contributed by atoms with E-state index in [2.05, 4.69) is 10.1 Å². The van der Waals surface area contributed by atoms with Gasteiger partial charge < -0.3 is 14.8 Å². The fourth-order valence-electron chi connectivity index (χ4n) is 1.50. The third-order valence-electron chi connectivity index (χ3n) is 2.18. The molecule has 0 aliphatic carbocycles. The van der Waals surface area contributed by atoms with Crippen LogP contribution in [0.1, 0.15) is 12.8 Å². The average Bonchev–Trinajstić information content (AvgIpc) is 2.17. The lowest BCUT2D eigenvalue weighted by molar-refractivity contribution is -0.198. The Labute approximate surface area is 86.9 Å². The lowest BCUT2D eigenvalue weighted by Crippen LogP contribution is -2.32. The Bertz CT molecular complexity index is 169. The number of hydrogen-bond donors (Lipinski definition) is 1. The quantitative estimate of drug-likeness (QED) is 0.571. The number of piperidine rings is 1. The molecular formula is C9H16F3NO2. The molecule has 1 rings (SSSR count). The number of alkyl halides is 3. The molecule has 0 aromatic carbocycles. The van der Waals surface area contributed by atoms with E-state index in [9.17, 15) is 13.2 Å². The van der Waals surface area contributed by atoms with Gasteiger partial charge >= 0.3 is 6.18 Å². The zero-order chi connectivity index (χ0) is 11.1. The molecule has 0 radical (unpaired) electrons. The Morgan fingerprint density at radius 2 is 2.07 bits per heavy atom. The lowest BCUT2D eigenvalue weighted by atomic mass is 10.0. The summed E-state index contributed by atoms with van der Waals surface area (Å²) in [7, 11) is 0. The topological polar surface area (TPSA) is 30.5 Å². The highest BCUT2D eigenvalue weighted by molar-refractivity contribution is 4.67. The van der Waals surface area contributed by atoms with E-state index in [0.29, 0.717) is 12.5 Å². The smallest absolute Gasteiger partial charge is 0.355 e. The summed E-state index contributed by atoms with van der Waals surface area (Å²) >= 11 is 0. The van der Waals surface area contributed by atoms with Crippen LogP contribution < -0.4 is 5.32 Å². The molecule has 0 amide bonds. The second kappa shape index (κ2) is 6.30. The van der Waals surface area contributed by atoms with Crippen molar-refractivity contribution in [2.75, 3.05) is 33.1 Å². The molecule has 0 saturated carbocycles. The average molecular weight is 227 g/mol. The van der Waals surface area contributed by atoms with Crippen LogP contribution in [-0.4, -0.2) is 39.3 Å². The molecule has 1 heterocycles. The molecule has 1 fully saturated rings. The van der Waals surface area contributed by atoms with Crippen LogP contribution in [0.25, 0.3) is 0 Å². The number of hydrogen-bond acceptors (Lipinski definition) is 3. The van der Waals surface area contributed by atoms with Gasteiger partial charge in [-0.25, -0.2) is 0 Å². The maximum absolute atomic E-state index is 11.6. The monoisotopic (exact) mass is 227 g/mol. The van der Waals surface area contributed by atoms with E-state index in [0.717, 1.165) is 25.9 Å². The van der Waals surface area contributed by atoms with Gasteiger partial charge in [-0.1, -0.05) is 0 Å². The normalized spacial score (nSPS) is 23.0. The van der Waals surface area contributed by atoms with E-state index < -0.39 is 12.8 Å². The van der Waals surface area contributed by atoms with Crippen molar-refractivity contribution in [3.05, 3.63) is 0 Å². The number of halogens is 3. The molecule has 0 aromatic rings. The van der Waals surface area contributed by atoms with Crippen molar-refractivity contribution in [3.63, 3.8) is 0 Å². The van der Waals surface area contributed by atoms with Crippen LogP contribution in [0.2, 0.25) is 0 Å². The molecule has 0 bridgehead atoms. The molecular weight excluding hydrogens is 211 g/mol. The van der Waals surface area contributed by atoms with Crippen LogP contribution in [0, 0.1) is 5.92 Å². The summed E-state index contributed by atoms with van der Waals surface area (Å²) in [6.45, 7) is 0.830. The van der Waals surface area contributed by atoms with E-state index >= 15 is 0 Å². The van der Waals surface area contributed by atoms with Crippen LogP contribution >= 0.6 is 0 Å². The number of rotatable bonds is 5. The maximum atomic E-state index is 11.6. The van der Waals surface area contributed by atoms with E-state index in [-0.39, 0.29) is 6.79 Å². The number of nitrogens with one attached hydrogen (secondary N) is 1. The third-order valence-corrected chi connectivity index (χ3v) is 2.18. The number of ether oxygens (including phenoxy) is 2. The summed E-state index contributed by atoms with van der Waals surface area (Å²) in [4.78, 5) is 0. The molecule has 0 aromatic heterocycles. The summed E-state index contributed by atoms with van der Waals surface area (Å²) in [5.74, 6) is 0.397. The van der Waals surface area contributed by atoms with Gasteiger partial charge in [-0.2, -0.15) is 13.2 Å². The van der Waals surface area contributed by atoms with Crippen LogP contribution in [-0.2, 0) is 9.47 Å². The van der Waals surface area contributed by atoms with Crippen molar-refractivity contribution in [1.82, 2.24) is 5.32 Å². The highest BCUT2D eigenvalue weighted by Crippen LogP contribution is 2.14. The molecule has 90 valence electrons. The Balaban J connectivity index is 1.92. The first kappa shape index (κ1) is 12.7. The van der Waals surface area contributed by atoms with Gasteiger partial charge in [0.05, 0.1) is 6.61 Å². The first-order chi connectivity index (χ1) is 7.08. The second-order valence-electron chi connectivity index (χ2n) is 3.66. The SMILES string of the molecule is FC(F)(F)COCOCC1CCCNC1. The van der Waals surface area contributed by atoms with Gasteiger partial charge in [0.2, 0.25) is 0 Å². The molecule has 1 aliphatic rings. The fraction of sp³-hybridized carbons (Fsp3) is 1.00. The minimum atomic E-state index is -4.27. The van der Waals surface area contributed by atoms with Crippen LogP contribution in [0.4, 0.5) is 13.2 Å². The Morgan fingerprint density at radius 1 is 1.27 bits per heavy atom.